The molecule has 4 heteroatoms. The Balaban J connectivity index is 2.17. The topological polar surface area (TPSA) is 15.3 Å². The summed E-state index contributed by atoms with van der Waals surface area (Å²) in [5.41, 5.74) is 0.940. The van der Waals surface area contributed by atoms with E-state index in [9.17, 15) is 4.39 Å². The zero-order valence-electron chi connectivity index (χ0n) is 10.2. The first-order valence-electron chi connectivity index (χ1n) is 6.00. The molecule has 0 spiro atoms. The molecule has 0 radical (unpaired) electrons. The van der Waals surface area contributed by atoms with E-state index in [1.54, 1.807) is 6.07 Å². The van der Waals surface area contributed by atoms with Crippen LogP contribution >= 0.6 is 11.6 Å². The Morgan fingerprint density at radius 2 is 2.24 bits per heavy atom. The fourth-order valence-electron chi connectivity index (χ4n) is 2.51. The van der Waals surface area contributed by atoms with E-state index < -0.39 is 0 Å². The van der Waals surface area contributed by atoms with Crippen LogP contribution in [0.1, 0.15) is 19.8 Å². The van der Waals surface area contributed by atoms with Crippen LogP contribution in [-0.4, -0.2) is 25.7 Å². The van der Waals surface area contributed by atoms with Crippen molar-refractivity contribution in [1.29, 1.82) is 0 Å². The summed E-state index contributed by atoms with van der Waals surface area (Å²) in [5, 5.41) is 3.81. The Hall–Kier alpha value is -0.800. The minimum absolute atomic E-state index is 0.281. The maximum absolute atomic E-state index is 13.0. The molecule has 1 heterocycles. The summed E-state index contributed by atoms with van der Waals surface area (Å²) in [6.07, 6.45) is 2.18. The molecule has 0 saturated carbocycles. The molecule has 1 aliphatic rings. The molecule has 1 N–H and O–H groups in total. The van der Waals surface area contributed by atoms with E-state index in [2.05, 4.69) is 17.1 Å². The van der Waals surface area contributed by atoms with Gasteiger partial charge in [-0.05, 0) is 45.0 Å². The molecule has 94 valence electrons. The number of rotatable bonds is 2. The highest BCUT2D eigenvalue weighted by atomic mass is 35.5. The quantitative estimate of drug-likeness (QED) is 0.875. The third-order valence-corrected chi connectivity index (χ3v) is 3.81. The minimum atomic E-state index is -0.281. The summed E-state index contributed by atoms with van der Waals surface area (Å²) in [7, 11) is 2.00. The summed E-state index contributed by atoms with van der Waals surface area (Å²) in [6.45, 7) is 3.14. The predicted molar refractivity (Wildman–Crippen MR) is 70.3 cm³/mol. The van der Waals surface area contributed by atoms with Gasteiger partial charge in [0.15, 0.2) is 0 Å². The molecule has 1 saturated heterocycles. The number of benzene rings is 1. The van der Waals surface area contributed by atoms with Gasteiger partial charge in [-0.25, -0.2) is 4.39 Å². The lowest BCUT2D eigenvalue weighted by atomic mass is 9.98. The molecule has 2 unspecified atom stereocenters. The molecule has 0 aromatic heterocycles. The van der Waals surface area contributed by atoms with Crippen LogP contribution in [0, 0.1) is 5.82 Å². The fourth-order valence-corrected chi connectivity index (χ4v) is 2.78. The first-order chi connectivity index (χ1) is 8.11. The average Bonchev–Trinajstić information content (AvgIpc) is 2.30. The lowest BCUT2D eigenvalue weighted by molar-refractivity contribution is 0.387. The lowest BCUT2D eigenvalue weighted by Crippen LogP contribution is -2.46. The highest BCUT2D eigenvalue weighted by Crippen LogP contribution is 2.31. The normalized spacial score (nSPS) is 25.1. The van der Waals surface area contributed by atoms with Gasteiger partial charge in [-0.2, -0.15) is 0 Å². The van der Waals surface area contributed by atoms with Gasteiger partial charge < -0.3 is 10.2 Å². The third-order valence-electron chi connectivity index (χ3n) is 3.50. The van der Waals surface area contributed by atoms with Crippen molar-refractivity contribution >= 4 is 17.3 Å². The molecule has 17 heavy (non-hydrogen) atoms. The molecule has 0 amide bonds. The van der Waals surface area contributed by atoms with E-state index in [0.717, 1.165) is 25.1 Å². The summed E-state index contributed by atoms with van der Waals surface area (Å²) in [6, 6.07) is 5.62. The monoisotopic (exact) mass is 256 g/mol. The number of nitrogens with zero attached hydrogens (tertiary/aromatic N) is 1. The second kappa shape index (κ2) is 5.23. The molecule has 2 atom stereocenters. The smallest absolute Gasteiger partial charge is 0.124 e. The highest BCUT2D eigenvalue weighted by molar-refractivity contribution is 6.33. The molecule has 1 aromatic carbocycles. The van der Waals surface area contributed by atoms with E-state index in [1.807, 2.05) is 7.05 Å². The number of hydrogen-bond donors (Lipinski definition) is 1. The molecular formula is C13H18ClFN2. The van der Waals surface area contributed by atoms with Gasteiger partial charge in [0.2, 0.25) is 0 Å². The van der Waals surface area contributed by atoms with E-state index in [4.69, 9.17) is 11.6 Å². The van der Waals surface area contributed by atoms with Gasteiger partial charge in [0.1, 0.15) is 5.82 Å². The van der Waals surface area contributed by atoms with Gasteiger partial charge >= 0.3 is 0 Å². The van der Waals surface area contributed by atoms with Gasteiger partial charge in [0.25, 0.3) is 0 Å². The SMILES string of the molecule is CNC1CCN(c2ccc(F)cc2Cl)C(C)C1. The molecular weight excluding hydrogens is 239 g/mol. The molecule has 1 fully saturated rings. The van der Waals surface area contributed by atoms with Crippen LogP contribution in [0.3, 0.4) is 0 Å². The Kier molecular flexibility index (Phi) is 3.89. The van der Waals surface area contributed by atoms with E-state index in [0.29, 0.717) is 17.1 Å². The molecule has 2 rings (SSSR count). The summed E-state index contributed by atoms with van der Waals surface area (Å²) >= 11 is 6.10. The highest BCUT2D eigenvalue weighted by Gasteiger charge is 2.25. The molecule has 1 aliphatic heterocycles. The van der Waals surface area contributed by atoms with Crippen LogP contribution < -0.4 is 10.2 Å². The van der Waals surface area contributed by atoms with Gasteiger partial charge in [-0.15, -0.1) is 0 Å². The maximum Gasteiger partial charge on any atom is 0.124 e. The van der Waals surface area contributed by atoms with Crippen molar-refractivity contribution in [1.82, 2.24) is 5.32 Å². The second-order valence-electron chi connectivity index (χ2n) is 4.65. The number of hydrogen-bond acceptors (Lipinski definition) is 2. The Labute approximate surface area is 107 Å². The molecule has 0 aliphatic carbocycles. The average molecular weight is 257 g/mol. The van der Waals surface area contributed by atoms with Crippen LogP contribution in [-0.2, 0) is 0 Å². The van der Waals surface area contributed by atoms with E-state index in [1.165, 1.54) is 12.1 Å². The number of piperidine rings is 1. The summed E-state index contributed by atoms with van der Waals surface area (Å²) < 4.78 is 13.0. The van der Waals surface area contributed by atoms with Gasteiger partial charge in [-0.1, -0.05) is 11.6 Å². The van der Waals surface area contributed by atoms with Crippen molar-refractivity contribution in [3.8, 4) is 0 Å². The number of halogens is 2. The van der Waals surface area contributed by atoms with Crippen molar-refractivity contribution in [2.45, 2.75) is 31.8 Å². The minimum Gasteiger partial charge on any atom is -0.368 e. The third kappa shape index (κ3) is 2.72. The number of anilines is 1. The fraction of sp³-hybridized carbons (Fsp3) is 0.538. The molecule has 2 nitrogen and oxygen atoms in total. The van der Waals surface area contributed by atoms with Gasteiger partial charge in [-0.3, -0.25) is 0 Å². The zero-order chi connectivity index (χ0) is 12.4. The van der Waals surface area contributed by atoms with Crippen LogP contribution in [0.25, 0.3) is 0 Å². The summed E-state index contributed by atoms with van der Waals surface area (Å²) in [5.74, 6) is -0.281. The largest absolute Gasteiger partial charge is 0.368 e. The standard InChI is InChI=1S/C13H18ClFN2/c1-9-7-11(16-2)5-6-17(9)13-4-3-10(15)8-12(13)14/h3-4,8-9,11,16H,5-7H2,1-2H3. The van der Waals surface area contributed by atoms with E-state index in [-0.39, 0.29) is 5.82 Å². The van der Waals surface area contributed by atoms with Crippen molar-refractivity contribution in [3.05, 3.63) is 29.0 Å². The van der Waals surface area contributed by atoms with E-state index >= 15 is 0 Å². The molecule has 1 aromatic rings. The number of nitrogens with one attached hydrogen (secondary N) is 1. The molecule has 0 bridgehead atoms. The van der Waals surface area contributed by atoms with Crippen LogP contribution in [0.2, 0.25) is 5.02 Å². The maximum atomic E-state index is 13.0. The van der Waals surface area contributed by atoms with Crippen LogP contribution in [0.15, 0.2) is 18.2 Å². The van der Waals surface area contributed by atoms with Crippen molar-refractivity contribution in [2.24, 2.45) is 0 Å². The Morgan fingerprint density at radius 1 is 1.47 bits per heavy atom. The van der Waals surface area contributed by atoms with Gasteiger partial charge in [0, 0.05) is 18.6 Å². The van der Waals surface area contributed by atoms with Crippen LogP contribution in [0.4, 0.5) is 10.1 Å². The van der Waals surface area contributed by atoms with Crippen molar-refractivity contribution in [3.63, 3.8) is 0 Å². The first-order valence-corrected chi connectivity index (χ1v) is 6.38. The zero-order valence-corrected chi connectivity index (χ0v) is 11.0. The summed E-state index contributed by atoms with van der Waals surface area (Å²) in [4.78, 5) is 2.26. The van der Waals surface area contributed by atoms with Crippen molar-refractivity contribution < 1.29 is 4.39 Å². The lowest BCUT2D eigenvalue weighted by Gasteiger charge is -2.39. The van der Waals surface area contributed by atoms with Crippen LogP contribution in [0.5, 0.6) is 0 Å². The Bertz CT molecular complexity index is 397. The predicted octanol–water partition coefficient (Wildman–Crippen LogP) is 3.06. The van der Waals surface area contributed by atoms with Crippen molar-refractivity contribution in [2.75, 3.05) is 18.5 Å². The Morgan fingerprint density at radius 3 is 2.82 bits per heavy atom. The first kappa shape index (κ1) is 12.7. The van der Waals surface area contributed by atoms with Gasteiger partial charge in [0.05, 0.1) is 10.7 Å². The second-order valence-corrected chi connectivity index (χ2v) is 5.06.